The van der Waals surface area contributed by atoms with Crippen LogP contribution in [0.5, 0.6) is 0 Å². The Labute approximate surface area is 164 Å². The number of aromatic nitrogens is 1. The minimum atomic E-state index is -0.484. The molecule has 0 amide bonds. The van der Waals surface area contributed by atoms with E-state index in [0.29, 0.717) is 0 Å². The molecule has 7 nitrogen and oxygen atoms in total. The molecule has 3 rings (SSSR count). The Hall–Kier alpha value is -3.22. The summed E-state index contributed by atoms with van der Waals surface area (Å²) in [6, 6.07) is 9.14. The molecule has 1 N–H and O–H groups in total. The van der Waals surface area contributed by atoms with Gasteiger partial charge in [-0.05, 0) is 56.5 Å². The lowest BCUT2D eigenvalue weighted by atomic mass is 9.88. The van der Waals surface area contributed by atoms with Crippen LogP contribution in [0.3, 0.4) is 0 Å². The Bertz CT molecular complexity index is 950. The average molecular weight is 379 g/mol. The predicted molar refractivity (Wildman–Crippen MR) is 114 cm³/mol. The molecule has 7 heteroatoms. The van der Waals surface area contributed by atoms with Gasteiger partial charge in [-0.25, -0.2) is 4.98 Å². The maximum atomic E-state index is 11.1. The number of nitrogens with zero attached hydrogens (tertiary/aromatic N) is 4. The van der Waals surface area contributed by atoms with E-state index < -0.39 is 4.92 Å². The molecule has 1 aliphatic rings. The third-order valence-electron chi connectivity index (χ3n) is 4.82. The molecule has 28 heavy (non-hydrogen) atoms. The van der Waals surface area contributed by atoms with Gasteiger partial charge in [0.25, 0.3) is 0 Å². The zero-order valence-corrected chi connectivity index (χ0v) is 16.6. The van der Waals surface area contributed by atoms with Crippen molar-refractivity contribution in [1.82, 2.24) is 4.98 Å². The van der Waals surface area contributed by atoms with Crippen molar-refractivity contribution in [2.45, 2.75) is 39.7 Å². The SMILES string of the molecule is CCCN1c2ccc(/C=N\Nc3ncccc3[N+](=O)[O-])cc2C(C)=CC1(C)C. The van der Waals surface area contributed by atoms with Crippen molar-refractivity contribution in [3.05, 3.63) is 63.8 Å². The Morgan fingerprint density at radius 1 is 1.36 bits per heavy atom. The molecule has 2 heterocycles. The number of fused-ring (bicyclic) bond motifs is 1. The van der Waals surface area contributed by atoms with Gasteiger partial charge >= 0.3 is 5.69 Å². The van der Waals surface area contributed by atoms with Gasteiger partial charge in [-0.2, -0.15) is 5.10 Å². The van der Waals surface area contributed by atoms with Gasteiger partial charge in [-0.3, -0.25) is 15.5 Å². The van der Waals surface area contributed by atoms with E-state index in [4.69, 9.17) is 0 Å². The number of allylic oxidation sites excluding steroid dienone is 1. The van der Waals surface area contributed by atoms with Crippen LogP contribution in [0.25, 0.3) is 5.57 Å². The van der Waals surface area contributed by atoms with Gasteiger partial charge in [0.1, 0.15) is 0 Å². The molecule has 0 fully saturated rings. The van der Waals surface area contributed by atoms with E-state index in [1.165, 1.54) is 35.2 Å². The van der Waals surface area contributed by atoms with E-state index in [2.05, 4.69) is 66.3 Å². The normalized spacial score (nSPS) is 15.3. The Morgan fingerprint density at radius 3 is 2.86 bits per heavy atom. The van der Waals surface area contributed by atoms with Gasteiger partial charge in [-0.1, -0.05) is 19.1 Å². The molecular weight excluding hydrogens is 354 g/mol. The zero-order valence-electron chi connectivity index (χ0n) is 16.6. The highest BCUT2D eigenvalue weighted by Crippen LogP contribution is 2.39. The average Bonchev–Trinajstić information content (AvgIpc) is 2.65. The smallest absolute Gasteiger partial charge is 0.313 e. The maximum Gasteiger partial charge on any atom is 0.313 e. The standard InChI is InChI=1S/C21H25N5O2/c1-5-11-25-18-9-8-16(12-17(18)15(2)13-21(25,3)4)14-23-24-20-19(26(27)28)7-6-10-22-20/h6-10,12-14H,5,11H2,1-4H3,(H,22,24)/b23-14-. The molecule has 0 atom stereocenters. The maximum absolute atomic E-state index is 11.1. The van der Waals surface area contributed by atoms with E-state index >= 15 is 0 Å². The third-order valence-corrected chi connectivity index (χ3v) is 4.82. The summed E-state index contributed by atoms with van der Waals surface area (Å²) in [5.41, 5.74) is 7.08. The lowest BCUT2D eigenvalue weighted by Gasteiger charge is -2.43. The van der Waals surface area contributed by atoms with Crippen LogP contribution in [0.2, 0.25) is 0 Å². The lowest BCUT2D eigenvalue weighted by molar-refractivity contribution is -0.384. The summed E-state index contributed by atoms with van der Waals surface area (Å²) in [4.78, 5) is 17.0. The van der Waals surface area contributed by atoms with Gasteiger partial charge in [-0.15, -0.1) is 0 Å². The van der Waals surface area contributed by atoms with E-state index in [0.717, 1.165) is 18.5 Å². The Kier molecular flexibility index (Phi) is 5.44. The molecule has 0 saturated heterocycles. The van der Waals surface area contributed by atoms with E-state index in [1.807, 2.05) is 6.07 Å². The van der Waals surface area contributed by atoms with Crippen molar-refractivity contribution in [3.8, 4) is 0 Å². The Balaban J connectivity index is 1.86. The summed E-state index contributed by atoms with van der Waals surface area (Å²) in [5, 5.41) is 15.2. The summed E-state index contributed by atoms with van der Waals surface area (Å²) in [7, 11) is 0. The highest BCUT2D eigenvalue weighted by molar-refractivity contribution is 5.88. The van der Waals surface area contributed by atoms with Crippen LogP contribution in [0.4, 0.5) is 17.2 Å². The topological polar surface area (TPSA) is 83.7 Å². The highest BCUT2D eigenvalue weighted by atomic mass is 16.6. The van der Waals surface area contributed by atoms with Crippen LogP contribution in [0.15, 0.2) is 47.7 Å². The number of rotatable bonds is 6. The minimum Gasteiger partial charge on any atom is -0.362 e. The first-order valence-electron chi connectivity index (χ1n) is 9.33. The van der Waals surface area contributed by atoms with Crippen molar-refractivity contribution in [2.75, 3.05) is 16.9 Å². The van der Waals surface area contributed by atoms with Crippen LogP contribution in [0.1, 0.15) is 45.2 Å². The number of hydrogen-bond donors (Lipinski definition) is 1. The molecule has 0 saturated carbocycles. The summed E-state index contributed by atoms with van der Waals surface area (Å²) < 4.78 is 0. The van der Waals surface area contributed by atoms with Crippen molar-refractivity contribution in [3.63, 3.8) is 0 Å². The predicted octanol–water partition coefficient (Wildman–Crippen LogP) is 4.85. The van der Waals surface area contributed by atoms with Crippen molar-refractivity contribution in [1.29, 1.82) is 0 Å². The van der Waals surface area contributed by atoms with Crippen LogP contribution >= 0.6 is 0 Å². The van der Waals surface area contributed by atoms with Gasteiger partial charge in [0.05, 0.1) is 16.7 Å². The fraction of sp³-hybridized carbons (Fsp3) is 0.333. The quantitative estimate of drug-likeness (QED) is 0.441. The number of anilines is 2. The van der Waals surface area contributed by atoms with Crippen molar-refractivity contribution in [2.24, 2.45) is 5.10 Å². The summed E-state index contributed by atoms with van der Waals surface area (Å²) in [5.74, 6) is 0.119. The van der Waals surface area contributed by atoms with Gasteiger partial charge in [0.2, 0.25) is 5.82 Å². The lowest BCUT2D eigenvalue weighted by Crippen LogP contribution is -2.45. The number of nitrogens with one attached hydrogen (secondary N) is 1. The molecule has 2 aromatic rings. The summed E-state index contributed by atoms with van der Waals surface area (Å²) in [6.07, 6.45) is 6.50. The zero-order chi connectivity index (χ0) is 20.3. The largest absolute Gasteiger partial charge is 0.362 e. The number of benzene rings is 1. The molecule has 146 valence electrons. The van der Waals surface area contributed by atoms with Crippen molar-refractivity contribution < 1.29 is 4.92 Å². The van der Waals surface area contributed by atoms with Crippen LogP contribution in [0, 0.1) is 10.1 Å². The molecule has 0 bridgehead atoms. The monoisotopic (exact) mass is 379 g/mol. The molecule has 1 aromatic heterocycles. The highest BCUT2D eigenvalue weighted by Gasteiger charge is 2.30. The number of hydrazone groups is 1. The van der Waals surface area contributed by atoms with Crippen molar-refractivity contribution >= 4 is 29.0 Å². The first-order chi connectivity index (χ1) is 13.3. The minimum absolute atomic E-state index is 0.0256. The molecule has 0 spiro atoms. The van der Waals surface area contributed by atoms with E-state index in [9.17, 15) is 10.1 Å². The van der Waals surface area contributed by atoms with E-state index in [1.54, 1.807) is 6.21 Å². The molecule has 1 aliphatic heterocycles. The molecule has 0 unspecified atom stereocenters. The van der Waals surface area contributed by atoms with Gasteiger partial charge in [0.15, 0.2) is 0 Å². The Morgan fingerprint density at radius 2 is 2.14 bits per heavy atom. The molecule has 0 radical (unpaired) electrons. The second-order valence-electron chi connectivity index (χ2n) is 7.41. The molecule has 0 aliphatic carbocycles. The van der Waals surface area contributed by atoms with Crippen LogP contribution in [-0.4, -0.2) is 28.2 Å². The second kappa shape index (κ2) is 7.80. The van der Waals surface area contributed by atoms with Crippen LogP contribution < -0.4 is 10.3 Å². The third kappa shape index (κ3) is 3.88. The first kappa shape index (κ1) is 19.5. The second-order valence-corrected chi connectivity index (χ2v) is 7.41. The van der Waals surface area contributed by atoms with Gasteiger partial charge < -0.3 is 4.90 Å². The first-order valence-corrected chi connectivity index (χ1v) is 9.33. The number of nitro groups is 1. The summed E-state index contributed by atoms with van der Waals surface area (Å²) in [6.45, 7) is 9.76. The fourth-order valence-corrected chi connectivity index (χ4v) is 3.61. The number of pyridine rings is 1. The molecule has 1 aromatic carbocycles. The summed E-state index contributed by atoms with van der Waals surface area (Å²) >= 11 is 0. The fourth-order valence-electron chi connectivity index (χ4n) is 3.61. The molecular formula is C21H25N5O2. The number of hydrogen-bond acceptors (Lipinski definition) is 6. The van der Waals surface area contributed by atoms with Gasteiger partial charge in [0, 0.05) is 30.1 Å². The van der Waals surface area contributed by atoms with Crippen LogP contribution in [-0.2, 0) is 0 Å². The van der Waals surface area contributed by atoms with E-state index in [-0.39, 0.29) is 17.0 Å².